The number of rotatable bonds is 3. The van der Waals surface area contributed by atoms with Gasteiger partial charge in [-0.2, -0.15) is 0 Å². The Morgan fingerprint density at radius 2 is 2.00 bits per heavy atom. The molecule has 3 nitrogen and oxygen atoms in total. The van der Waals surface area contributed by atoms with E-state index in [4.69, 9.17) is 17.3 Å². The maximum absolute atomic E-state index is 5.87. The lowest BCUT2D eigenvalue weighted by molar-refractivity contribution is 1.05. The first kappa shape index (κ1) is 11.9. The minimum atomic E-state index is 0.429. The van der Waals surface area contributed by atoms with Crippen LogP contribution in [0.25, 0.3) is 0 Å². The average molecular weight is 248 g/mol. The number of nitrogens with two attached hydrogens (primary N) is 1. The highest BCUT2D eigenvalue weighted by Crippen LogP contribution is 2.23. The maximum atomic E-state index is 5.87. The summed E-state index contributed by atoms with van der Waals surface area (Å²) in [4.78, 5) is 4.01. The third kappa shape index (κ3) is 2.96. The lowest BCUT2D eigenvalue weighted by Gasteiger charge is -2.11. The number of nitrogens with zero attached hydrogens (tertiary/aromatic N) is 1. The van der Waals surface area contributed by atoms with Gasteiger partial charge in [0.05, 0.1) is 0 Å². The van der Waals surface area contributed by atoms with E-state index in [-0.39, 0.29) is 0 Å². The van der Waals surface area contributed by atoms with E-state index < -0.39 is 0 Å². The molecule has 0 aliphatic heterocycles. The van der Waals surface area contributed by atoms with E-state index in [2.05, 4.69) is 17.2 Å². The number of halogens is 1. The van der Waals surface area contributed by atoms with Crippen LogP contribution in [-0.2, 0) is 6.54 Å². The van der Waals surface area contributed by atoms with Crippen LogP contribution in [0.15, 0.2) is 36.5 Å². The van der Waals surface area contributed by atoms with Crippen LogP contribution in [-0.4, -0.2) is 4.98 Å². The molecule has 0 amide bonds. The first-order chi connectivity index (χ1) is 8.19. The topological polar surface area (TPSA) is 50.9 Å². The van der Waals surface area contributed by atoms with Crippen molar-refractivity contribution in [2.24, 2.45) is 5.73 Å². The molecular formula is C13H14ClN3. The summed E-state index contributed by atoms with van der Waals surface area (Å²) in [5.41, 5.74) is 9.73. The molecule has 2 rings (SSSR count). The SMILES string of the molecule is Cc1ccc(Nc2cc(Cl)ncc2CN)cc1. The number of hydrogen-bond donors (Lipinski definition) is 2. The van der Waals surface area contributed by atoms with Crippen molar-refractivity contribution in [3.8, 4) is 0 Å². The molecule has 2 aromatic rings. The molecule has 17 heavy (non-hydrogen) atoms. The molecule has 1 heterocycles. The molecule has 4 heteroatoms. The Morgan fingerprint density at radius 3 is 2.65 bits per heavy atom. The van der Waals surface area contributed by atoms with Crippen LogP contribution in [0.1, 0.15) is 11.1 Å². The largest absolute Gasteiger partial charge is 0.355 e. The van der Waals surface area contributed by atoms with Crippen molar-refractivity contribution in [1.29, 1.82) is 0 Å². The van der Waals surface area contributed by atoms with Gasteiger partial charge in [0.1, 0.15) is 5.15 Å². The van der Waals surface area contributed by atoms with E-state index in [1.807, 2.05) is 24.3 Å². The Hall–Kier alpha value is -1.58. The summed E-state index contributed by atoms with van der Waals surface area (Å²) in [7, 11) is 0. The van der Waals surface area contributed by atoms with Crippen LogP contribution in [0.5, 0.6) is 0 Å². The first-order valence-electron chi connectivity index (χ1n) is 5.37. The second-order valence-electron chi connectivity index (χ2n) is 3.86. The zero-order chi connectivity index (χ0) is 12.3. The Morgan fingerprint density at radius 1 is 1.29 bits per heavy atom. The van der Waals surface area contributed by atoms with E-state index in [1.54, 1.807) is 12.3 Å². The van der Waals surface area contributed by atoms with Gasteiger partial charge in [-0.15, -0.1) is 0 Å². The second kappa shape index (κ2) is 5.17. The van der Waals surface area contributed by atoms with Crippen LogP contribution in [0.4, 0.5) is 11.4 Å². The summed E-state index contributed by atoms with van der Waals surface area (Å²) >= 11 is 5.87. The number of anilines is 2. The van der Waals surface area contributed by atoms with Crippen molar-refractivity contribution >= 4 is 23.0 Å². The summed E-state index contributed by atoms with van der Waals surface area (Å²) in [6.07, 6.45) is 1.69. The zero-order valence-electron chi connectivity index (χ0n) is 9.57. The van der Waals surface area contributed by atoms with Gasteiger partial charge in [-0.25, -0.2) is 4.98 Å². The Kier molecular flexibility index (Phi) is 3.61. The fourth-order valence-electron chi connectivity index (χ4n) is 1.53. The zero-order valence-corrected chi connectivity index (χ0v) is 10.3. The third-order valence-corrected chi connectivity index (χ3v) is 2.71. The Bertz CT molecular complexity index is 509. The van der Waals surface area contributed by atoms with Crippen molar-refractivity contribution < 1.29 is 0 Å². The number of aromatic nitrogens is 1. The highest BCUT2D eigenvalue weighted by atomic mass is 35.5. The van der Waals surface area contributed by atoms with Crippen LogP contribution in [0.3, 0.4) is 0 Å². The molecule has 3 N–H and O–H groups in total. The van der Waals surface area contributed by atoms with Crippen molar-refractivity contribution in [3.63, 3.8) is 0 Å². The summed E-state index contributed by atoms with van der Waals surface area (Å²) < 4.78 is 0. The van der Waals surface area contributed by atoms with Gasteiger partial charge < -0.3 is 11.1 Å². The molecule has 0 spiro atoms. The summed E-state index contributed by atoms with van der Waals surface area (Å²) in [5, 5.41) is 3.74. The molecule has 0 aliphatic rings. The highest BCUT2D eigenvalue weighted by Gasteiger charge is 2.03. The number of pyridine rings is 1. The smallest absolute Gasteiger partial charge is 0.131 e. The molecule has 0 aliphatic carbocycles. The van der Waals surface area contributed by atoms with Gasteiger partial charge in [-0.3, -0.25) is 0 Å². The lowest BCUT2D eigenvalue weighted by atomic mass is 10.2. The van der Waals surface area contributed by atoms with Crippen LogP contribution < -0.4 is 11.1 Å². The quantitative estimate of drug-likeness (QED) is 0.819. The van der Waals surface area contributed by atoms with Gasteiger partial charge in [0.2, 0.25) is 0 Å². The van der Waals surface area contributed by atoms with E-state index in [1.165, 1.54) is 5.56 Å². The molecule has 88 valence electrons. The summed E-state index contributed by atoms with van der Waals surface area (Å²) in [6.45, 7) is 2.48. The lowest BCUT2D eigenvalue weighted by Crippen LogP contribution is -2.02. The minimum Gasteiger partial charge on any atom is -0.355 e. The van der Waals surface area contributed by atoms with Gasteiger partial charge in [0, 0.05) is 29.7 Å². The second-order valence-corrected chi connectivity index (χ2v) is 4.25. The van der Waals surface area contributed by atoms with Crippen molar-refractivity contribution in [3.05, 3.63) is 52.8 Å². The predicted octanol–water partition coefficient (Wildman–Crippen LogP) is 3.25. The van der Waals surface area contributed by atoms with Gasteiger partial charge in [-0.05, 0) is 25.1 Å². The van der Waals surface area contributed by atoms with Crippen molar-refractivity contribution in [2.75, 3.05) is 5.32 Å². The molecule has 1 aromatic carbocycles. The number of hydrogen-bond acceptors (Lipinski definition) is 3. The monoisotopic (exact) mass is 247 g/mol. The third-order valence-electron chi connectivity index (χ3n) is 2.50. The standard InChI is InChI=1S/C13H14ClN3/c1-9-2-4-11(5-3-9)17-12-6-13(14)16-8-10(12)7-15/h2-6,8H,7,15H2,1H3,(H,16,17). The first-order valence-corrected chi connectivity index (χ1v) is 5.75. The number of benzene rings is 1. The number of aryl methyl sites for hydroxylation is 1. The Balaban J connectivity index is 2.28. The number of nitrogens with one attached hydrogen (secondary N) is 1. The van der Waals surface area contributed by atoms with E-state index in [9.17, 15) is 0 Å². The summed E-state index contributed by atoms with van der Waals surface area (Å²) in [6, 6.07) is 9.91. The highest BCUT2D eigenvalue weighted by molar-refractivity contribution is 6.29. The molecular weight excluding hydrogens is 234 g/mol. The molecule has 1 aromatic heterocycles. The average Bonchev–Trinajstić information content (AvgIpc) is 2.32. The van der Waals surface area contributed by atoms with E-state index in [0.717, 1.165) is 16.9 Å². The minimum absolute atomic E-state index is 0.429. The van der Waals surface area contributed by atoms with E-state index >= 15 is 0 Å². The molecule has 0 fully saturated rings. The van der Waals surface area contributed by atoms with E-state index in [0.29, 0.717) is 11.7 Å². The molecule has 0 unspecified atom stereocenters. The molecule has 0 radical (unpaired) electrons. The maximum Gasteiger partial charge on any atom is 0.131 e. The van der Waals surface area contributed by atoms with Gasteiger partial charge in [-0.1, -0.05) is 29.3 Å². The molecule has 0 atom stereocenters. The van der Waals surface area contributed by atoms with Crippen LogP contribution in [0.2, 0.25) is 5.15 Å². The van der Waals surface area contributed by atoms with Gasteiger partial charge >= 0.3 is 0 Å². The molecule has 0 saturated heterocycles. The molecule has 0 saturated carbocycles. The van der Waals surface area contributed by atoms with Crippen LogP contribution in [0, 0.1) is 6.92 Å². The predicted molar refractivity (Wildman–Crippen MR) is 71.6 cm³/mol. The Labute approximate surface area is 106 Å². The summed E-state index contributed by atoms with van der Waals surface area (Å²) in [5.74, 6) is 0. The van der Waals surface area contributed by atoms with Crippen molar-refractivity contribution in [2.45, 2.75) is 13.5 Å². The van der Waals surface area contributed by atoms with Crippen molar-refractivity contribution in [1.82, 2.24) is 4.98 Å². The van der Waals surface area contributed by atoms with Gasteiger partial charge in [0.15, 0.2) is 0 Å². The fourth-order valence-corrected chi connectivity index (χ4v) is 1.69. The van der Waals surface area contributed by atoms with Gasteiger partial charge in [0.25, 0.3) is 0 Å². The normalized spacial score (nSPS) is 10.3. The fraction of sp³-hybridized carbons (Fsp3) is 0.154. The molecule has 0 bridgehead atoms. The van der Waals surface area contributed by atoms with Crippen LogP contribution >= 0.6 is 11.6 Å².